The first-order chi connectivity index (χ1) is 7.31. The molecule has 0 aliphatic rings. The van der Waals surface area contributed by atoms with Crippen molar-refractivity contribution in [3.63, 3.8) is 0 Å². The lowest BCUT2D eigenvalue weighted by Crippen LogP contribution is -2.02. The van der Waals surface area contributed by atoms with Crippen LogP contribution in [0.1, 0.15) is 33.1 Å². The van der Waals surface area contributed by atoms with Gasteiger partial charge in [0.1, 0.15) is 0 Å². The van der Waals surface area contributed by atoms with Gasteiger partial charge in [-0.2, -0.15) is 0 Å². The summed E-state index contributed by atoms with van der Waals surface area (Å²) in [5, 5.41) is 9.25. The van der Waals surface area contributed by atoms with Gasteiger partial charge in [0.15, 0.2) is 0 Å². The maximum Gasteiger partial charge on any atom is 0.0540 e. The zero-order valence-electron chi connectivity index (χ0n) is 9.30. The van der Waals surface area contributed by atoms with E-state index in [1.807, 2.05) is 13.0 Å². The minimum absolute atomic E-state index is 0.192. The molecule has 1 N–H and O–H groups in total. The molecule has 1 unspecified atom stereocenters. The molecule has 0 saturated heterocycles. The van der Waals surface area contributed by atoms with E-state index in [9.17, 15) is 5.11 Å². The van der Waals surface area contributed by atoms with Crippen LogP contribution in [0.15, 0.2) is 12.2 Å². The lowest BCUT2D eigenvalue weighted by atomic mass is 10.1. The fraction of sp³-hybridized carbons (Fsp3) is 0.429. The van der Waals surface area contributed by atoms with Gasteiger partial charge >= 0.3 is 0 Å². The topological polar surface area (TPSA) is 20.2 Å². The van der Waals surface area contributed by atoms with E-state index in [0.29, 0.717) is 0 Å². The molecule has 0 spiro atoms. The molecule has 0 amide bonds. The lowest BCUT2D eigenvalue weighted by Gasteiger charge is -2.02. The third-order valence-electron chi connectivity index (χ3n) is 1.72. The van der Waals surface area contributed by atoms with Gasteiger partial charge in [0.25, 0.3) is 0 Å². The number of rotatable bonds is 4. The maximum atomic E-state index is 9.25. The third-order valence-corrected chi connectivity index (χ3v) is 1.72. The minimum atomic E-state index is -0.192. The zero-order chi connectivity index (χ0) is 11.4. The smallest absolute Gasteiger partial charge is 0.0540 e. The molecule has 0 rings (SSSR count). The first-order valence-electron chi connectivity index (χ1n) is 5.06. The molecule has 0 aromatic rings. The number of hydrogen-bond acceptors (Lipinski definition) is 1. The fourth-order valence-electron chi connectivity index (χ4n) is 0.838. The average molecular weight is 200 g/mol. The van der Waals surface area contributed by atoms with Crippen LogP contribution in [0, 0.1) is 35.5 Å². The molecule has 0 aliphatic carbocycles. The van der Waals surface area contributed by atoms with Gasteiger partial charge < -0.3 is 5.11 Å². The second kappa shape index (κ2) is 10.5. The summed E-state index contributed by atoms with van der Waals surface area (Å²) in [6.07, 6.45) is 5.96. The van der Waals surface area contributed by atoms with Crippen LogP contribution in [0.2, 0.25) is 0 Å². The van der Waals surface area contributed by atoms with Crippen LogP contribution in [0.4, 0.5) is 0 Å². The Balaban J connectivity index is 3.70. The van der Waals surface area contributed by atoms with Gasteiger partial charge in [-0.1, -0.05) is 24.8 Å². The van der Waals surface area contributed by atoms with E-state index in [2.05, 4.69) is 35.5 Å². The molecule has 1 atom stereocenters. The van der Waals surface area contributed by atoms with Gasteiger partial charge in [-0.3, -0.25) is 0 Å². The normalized spacial score (nSPS) is 10.3. The van der Waals surface area contributed by atoms with Crippen LogP contribution in [0.3, 0.4) is 0 Å². The maximum absolute atomic E-state index is 9.25. The molecule has 1 heteroatoms. The van der Waals surface area contributed by atoms with Crippen molar-refractivity contribution in [1.82, 2.24) is 0 Å². The quantitative estimate of drug-likeness (QED) is 0.689. The molecule has 15 heavy (non-hydrogen) atoms. The van der Waals surface area contributed by atoms with Crippen molar-refractivity contribution >= 4 is 0 Å². The minimum Gasteiger partial charge on any atom is -0.393 e. The van der Waals surface area contributed by atoms with Gasteiger partial charge in [-0.15, -0.1) is 0 Å². The summed E-state index contributed by atoms with van der Waals surface area (Å²) in [6.45, 7) is 3.71. The van der Waals surface area contributed by atoms with E-state index in [0.717, 1.165) is 19.3 Å². The fourth-order valence-corrected chi connectivity index (χ4v) is 0.838. The molecule has 0 aromatic heterocycles. The largest absolute Gasteiger partial charge is 0.393 e. The highest BCUT2D eigenvalue weighted by Crippen LogP contribution is 2.00. The Labute approximate surface area is 92.6 Å². The van der Waals surface area contributed by atoms with E-state index in [1.165, 1.54) is 0 Å². The van der Waals surface area contributed by atoms with Crippen LogP contribution < -0.4 is 0 Å². The Morgan fingerprint density at radius 2 is 1.93 bits per heavy atom. The summed E-state index contributed by atoms with van der Waals surface area (Å²) in [6, 6.07) is 0. The number of allylic oxidation sites excluding steroid dienone is 2. The van der Waals surface area contributed by atoms with Crippen LogP contribution in [-0.4, -0.2) is 11.2 Å². The average Bonchev–Trinajstić information content (AvgIpc) is 2.26. The second-order valence-corrected chi connectivity index (χ2v) is 2.94. The molecule has 0 aliphatic heterocycles. The van der Waals surface area contributed by atoms with Crippen LogP contribution >= 0.6 is 0 Å². The molecule has 0 bridgehead atoms. The molecular formula is C14H16O. The van der Waals surface area contributed by atoms with Gasteiger partial charge in [-0.05, 0) is 55.9 Å². The van der Waals surface area contributed by atoms with E-state index in [4.69, 9.17) is 0 Å². The van der Waals surface area contributed by atoms with Crippen LogP contribution in [0.5, 0.6) is 0 Å². The Bertz CT molecular complexity index is 357. The molecular weight excluding hydrogens is 184 g/mol. The monoisotopic (exact) mass is 200 g/mol. The molecule has 1 nitrogen and oxygen atoms in total. The second-order valence-electron chi connectivity index (χ2n) is 2.94. The van der Waals surface area contributed by atoms with E-state index in [1.54, 1.807) is 13.0 Å². The standard InChI is InChI=1S/C14H16O/c1-3-5-6-7-8-9-10-11-12-13-14(15)4-2/h10-11,14-15H,4,12-13H2,1-2H3/b11-10+. The van der Waals surface area contributed by atoms with Crippen LogP contribution in [0.25, 0.3) is 0 Å². The highest BCUT2D eigenvalue weighted by atomic mass is 16.3. The van der Waals surface area contributed by atoms with Gasteiger partial charge in [-0.25, -0.2) is 0 Å². The Kier molecular flexibility index (Phi) is 9.33. The predicted molar refractivity (Wildman–Crippen MR) is 63.7 cm³/mol. The lowest BCUT2D eigenvalue weighted by molar-refractivity contribution is 0.161. The van der Waals surface area contributed by atoms with Crippen molar-refractivity contribution in [2.75, 3.05) is 0 Å². The summed E-state index contributed by atoms with van der Waals surface area (Å²) in [5.74, 6) is 15.9. The summed E-state index contributed by atoms with van der Waals surface area (Å²) in [4.78, 5) is 0. The van der Waals surface area contributed by atoms with Crippen molar-refractivity contribution < 1.29 is 5.11 Å². The van der Waals surface area contributed by atoms with Gasteiger partial charge in [0.05, 0.1) is 6.10 Å². The summed E-state index contributed by atoms with van der Waals surface area (Å²) in [7, 11) is 0. The van der Waals surface area contributed by atoms with Gasteiger partial charge in [0, 0.05) is 0 Å². The first-order valence-corrected chi connectivity index (χ1v) is 5.06. The van der Waals surface area contributed by atoms with E-state index in [-0.39, 0.29) is 6.10 Å². The van der Waals surface area contributed by atoms with Crippen molar-refractivity contribution in [1.29, 1.82) is 0 Å². The Morgan fingerprint density at radius 1 is 1.20 bits per heavy atom. The highest BCUT2D eigenvalue weighted by Gasteiger charge is 1.96. The molecule has 0 aromatic carbocycles. The summed E-state index contributed by atoms with van der Waals surface area (Å²) >= 11 is 0. The summed E-state index contributed by atoms with van der Waals surface area (Å²) in [5.41, 5.74) is 0. The van der Waals surface area contributed by atoms with Crippen molar-refractivity contribution in [3.05, 3.63) is 12.2 Å². The van der Waals surface area contributed by atoms with E-state index >= 15 is 0 Å². The molecule has 78 valence electrons. The summed E-state index contributed by atoms with van der Waals surface area (Å²) < 4.78 is 0. The van der Waals surface area contributed by atoms with Crippen molar-refractivity contribution in [3.8, 4) is 35.5 Å². The van der Waals surface area contributed by atoms with Crippen molar-refractivity contribution in [2.45, 2.75) is 39.2 Å². The van der Waals surface area contributed by atoms with Crippen molar-refractivity contribution in [2.24, 2.45) is 0 Å². The SMILES string of the molecule is CC#CC#CC#C/C=C/CCC(O)CC. The number of aliphatic hydroxyl groups excluding tert-OH is 1. The zero-order valence-corrected chi connectivity index (χ0v) is 9.30. The van der Waals surface area contributed by atoms with Gasteiger partial charge in [0.2, 0.25) is 0 Å². The Hall–Kier alpha value is -1.62. The molecule has 0 radical (unpaired) electrons. The van der Waals surface area contributed by atoms with Crippen LogP contribution in [-0.2, 0) is 0 Å². The molecule has 0 saturated carbocycles. The highest BCUT2D eigenvalue weighted by molar-refractivity contribution is 5.37. The molecule has 0 heterocycles. The number of hydrogen-bond donors (Lipinski definition) is 1. The first kappa shape index (κ1) is 13.4. The third kappa shape index (κ3) is 10.3. The molecule has 0 fully saturated rings. The number of aliphatic hydroxyl groups is 1. The Morgan fingerprint density at radius 3 is 2.60 bits per heavy atom. The predicted octanol–water partition coefficient (Wildman–Crippen LogP) is 2.12. The van der Waals surface area contributed by atoms with E-state index < -0.39 is 0 Å².